The maximum absolute atomic E-state index is 13.5. The molecule has 1 amide bonds. The molecular weight excluding hydrogens is 428 g/mol. The molecule has 1 aromatic carbocycles. The second-order valence-corrected chi connectivity index (χ2v) is 8.90. The smallest absolute Gasteiger partial charge is 0.257 e. The van der Waals surface area contributed by atoms with E-state index in [2.05, 4.69) is 27.1 Å². The zero-order valence-corrected chi connectivity index (χ0v) is 19.1. The number of amides is 1. The summed E-state index contributed by atoms with van der Waals surface area (Å²) >= 11 is 0. The lowest BCUT2D eigenvalue weighted by Gasteiger charge is -2.36. The number of carbonyl (C=O) groups is 1. The Morgan fingerprint density at radius 2 is 1.79 bits per heavy atom. The third-order valence-electron chi connectivity index (χ3n) is 6.51. The third kappa shape index (κ3) is 3.85. The molecule has 8 heteroatoms. The quantitative estimate of drug-likeness (QED) is 0.452. The van der Waals surface area contributed by atoms with Crippen molar-refractivity contribution in [1.29, 1.82) is 0 Å². The molecule has 34 heavy (non-hydrogen) atoms. The number of para-hydroxylation sites is 1. The summed E-state index contributed by atoms with van der Waals surface area (Å²) in [4.78, 5) is 26.9. The Hall–Kier alpha value is -3.94. The van der Waals surface area contributed by atoms with E-state index in [-0.39, 0.29) is 5.91 Å². The molecule has 2 fully saturated rings. The monoisotopic (exact) mass is 454 g/mol. The summed E-state index contributed by atoms with van der Waals surface area (Å²) < 4.78 is 7.47. The van der Waals surface area contributed by atoms with Crippen molar-refractivity contribution in [2.75, 3.05) is 31.1 Å². The van der Waals surface area contributed by atoms with Gasteiger partial charge in [-0.15, -0.1) is 0 Å². The Labute approximate surface area is 197 Å². The summed E-state index contributed by atoms with van der Waals surface area (Å²) in [5.74, 6) is 2.33. The summed E-state index contributed by atoms with van der Waals surface area (Å²) in [7, 11) is 0. The second kappa shape index (κ2) is 8.44. The van der Waals surface area contributed by atoms with E-state index in [0.29, 0.717) is 42.0 Å². The fraction of sp³-hybridized carbons (Fsp3) is 0.308. The lowest BCUT2D eigenvalue weighted by atomic mass is 10.1. The highest BCUT2D eigenvalue weighted by molar-refractivity contribution is 5.95. The molecule has 0 atom stereocenters. The van der Waals surface area contributed by atoms with Crippen LogP contribution in [0.5, 0.6) is 0 Å². The molecule has 1 aliphatic carbocycles. The SMILES string of the molecule is Cc1ccc(-c2ccnc(-n3ncc(C(=O)N4CCN(c5ccccc5)CC4)c3C3CC3)n2)o1. The molecule has 4 aromatic rings. The number of carbonyl (C=O) groups excluding carboxylic acids is 1. The first-order valence-electron chi connectivity index (χ1n) is 11.7. The highest BCUT2D eigenvalue weighted by atomic mass is 16.3. The van der Waals surface area contributed by atoms with Crippen LogP contribution < -0.4 is 4.90 Å². The number of hydrogen-bond acceptors (Lipinski definition) is 6. The van der Waals surface area contributed by atoms with Crippen LogP contribution >= 0.6 is 0 Å². The number of aryl methyl sites for hydroxylation is 1. The maximum Gasteiger partial charge on any atom is 0.257 e. The molecule has 0 bridgehead atoms. The second-order valence-electron chi connectivity index (χ2n) is 8.90. The molecule has 6 rings (SSSR count). The molecule has 0 spiro atoms. The van der Waals surface area contributed by atoms with E-state index < -0.39 is 0 Å². The number of hydrogen-bond donors (Lipinski definition) is 0. The summed E-state index contributed by atoms with van der Waals surface area (Å²) in [5.41, 5.74) is 3.48. The van der Waals surface area contributed by atoms with Gasteiger partial charge in [-0.05, 0) is 50.1 Å². The van der Waals surface area contributed by atoms with Crippen LogP contribution in [0.25, 0.3) is 17.4 Å². The standard InChI is InChI=1S/C26H26N6O2/c1-18-7-10-23(34-18)22-11-12-27-26(29-22)32-24(19-8-9-19)21(17-28-32)25(33)31-15-13-30(14-16-31)20-5-3-2-4-6-20/h2-7,10-12,17,19H,8-9,13-16H2,1H3. The fourth-order valence-electron chi connectivity index (χ4n) is 4.57. The van der Waals surface area contributed by atoms with Gasteiger partial charge in [0.2, 0.25) is 0 Å². The van der Waals surface area contributed by atoms with E-state index in [1.165, 1.54) is 5.69 Å². The Bertz CT molecular complexity index is 1320. The first-order valence-corrected chi connectivity index (χ1v) is 11.7. The van der Waals surface area contributed by atoms with Crippen molar-refractivity contribution >= 4 is 11.6 Å². The van der Waals surface area contributed by atoms with Gasteiger partial charge < -0.3 is 14.2 Å². The summed E-state index contributed by atoms with van der Waals surface area (Å²) in [6.07, 6.45) is 5.49. The van der Waals surface area contributed by atoms with Crippen LogP contribution in [-0.2, 0) is 0 Å². The van der Waals surface area contributed by atoms with Gasteiger partial charge in [-0.3, -0.25) is 4.79 Å². The molecule has 0 unspecified atom stereocenters. The van der Waals surface area contributed by atoms with E-state index >= 15 is 0 Å². The van der Waals surface area contributed by atoms with Crippen molar-refractivity contribution in [3.05, 3.63) is 77.9 Å². The van der Waals surface area contributed by atoms with Crippen LogP contribution in [0.4, 0.5) is 5.69 Å². The highest BCUT2D eigenvalue weighted by Gasteiger charge is 2.35. The van der Waals surface area contributed by atoms with Gasteiger partial charge in [-0.2, -0.15) is 5.10 Å². The first-order chi connectivity index (χ1) is 16.7. The van der Waals surface area contributed by atoms with Crippen molar-refractivity contribution in [1.82, 2.24) is 24.6 Å². The lowest BCUT2D eigenvalue weighted by molar-refractivity contribution is 0.0745. The molecule has 4 heterocycles. The predicted molar refractivity (Wildman–Crippen MR) is 128 cm³/mol. The van der Waals surface area contributed by atoms with Crippen LogP contribution in [-0.4, -0.2) is 56.7 Å². The molecule has 1 saturated carbocycles. The molecule has 8 nitrogen and oxygen atoms in total. The molecular formula is C26H26N6O2. The highest BCUT2D eigenvalue weighted by Crippen LogP contribution is 2.42. The Morgan fingerprint density at radius 1 is 1.00 bits per heavy atom. The minimum Gasteiger partial charge on any atom is -0.460 e. The lowest BCUT2D eigenvalue weighted by Crippen LogP contribution is -2.48. The molecule has 3 aromatic heterocycles. The van der Waals surface area contributed by atoms with Crippen LogP contribution in [0.3, 0.4) is 0 Å². The molecule has 0 radical (unpaired) electrons. The summed E-state index contributed by atoms with van der Waals surface area (Å²) in [6.45, 7) is 4.91. The number of nitrogens with zero attached hydrogens (tertiary/aromatic N) is 6. The van der Waals surface area contributed by atoms with Gasteiger partial charge in [0.1, 0.15) is 11.5 Å². The maximum atomic E-state index is 13.5. The Kier molecular flexibility index (Phi) is 5.13. The zero-order chi connectivity index (χ0) is 23.1. The molecule has 2 aliphatic rings. The van der Waals surface area contributed by atoms with Crippen LogP contribution in [0.2, 0.25) is 0 Å². The number of rotatable bonds is 5. The van der Waals surface area contributed by atoms with Gasteiger partial charge in [0.15, 0.2) is 5.76 Å². The van der Waals surface area contributed by atoms with Crippen LogP contribution in [0, 0.1) is 6.92 Å². The summed E-state index contributed by atoms with van der Waals surface area (Å²) in [6, 6.07) is 16.0. The molecule has 0 N–H and O–H groups in total. The molecule has 1 saturated heterocycles. The predicted octanol–water partition coefficient (Wildman–Crippen LogP) is 4.07. The van der Waals surface area contributed by atoms with Gasteiger partial charge in [0.05, 0.1) is 17.5 Å². The van der Waals surface area contributed by atoms with Crippen LogP contribution in [0.15, 0.2) is 65.3 Å². The van der Waals surface area contributed by atoms with Gasteiger partial charge in [-0.1, -0.05) is 18.2 Å². The van der Waals surface area contributed by atoms with Crippen molar-refractivity contribution in [3.8, 4) is 17.4 Å². The topological polar surface area (TPSA) is 80.3 Å². The average molecular weight is 455 g/mol. The van der Waals surface area contributed by atoms with Crippen molar-refractivity contribution in [2.24, 2.45) is 0 Å². The normalized spacial score (nSPS) is 16.1. The molecule has 1 aliphatic heterocycles. The van der Waals surface area contributed by atoms with Gasteiger partial charge in [0.25, 0.3) is 11.9 Å². The van der Waals surface area contributed by atoms with E-state index in [9.17, 15) is 4.79 Å². The number of benzene rings is 1. The average Bonchev–Trinajstić information content (AvgIpc) is 3.48. The van der Waals surface area contributed by atoms with E-state index in [1.54, 1.807) is 17.1 Å². The molecule has 172 valence electrons. The number of furan rings is 1. The Balaban J connectivity index is 1.25. The van der Waals surface area contributed by atoms with Gasteiger partial charge in [0, 0.05) is 44.0 Å². The largest absolute Gasteiger partial charge is 0.460 e. The number of piperazine rings is 1. The zero-order valence-electron chi connectivity index (χ0n) is 19.1. The number of aromatic nitrogens is 4. The van der Waals surface area contributed by atoms with Crippen LogP contribution in [0.1, 0.15) is 40.6 Å². The minimum absolute atomic E-state index is 0.0404. The fourth-order valence-corrected chi connectivity index (χ4v) is 4.57. The van der Waals surface area contributed by atoms with Crippen molar-refractivity contribution < 1.29 is 9.21 Å². The van der Waals surface area contributed by atoms with Crippen molar-refractivity contribution in [3.63, 3.8) is 0 Å². The first kappa shape index (κ1) is 20.7. The summed E-state index contributed by atoms with van der Waals surface area (Å²) in [5, 5.41) is 4.57. The number of anilines is 1. The van der Waals surface area contributed by atoms with E-state index in [0.717, 1.165) is 37.4 Å². The van der Waals surface area contributed by atoms with E-state index in [4.69, 9.17) is 9.40 Å². The third-order valence-corrected chi connectivity index (χ3v) is 6.51. The van der Waals surface area contributed by atoms with Gasteiger partial charge >= 0.3 is 0 Å². The Morgan fingerprint density at radius 3 is 2.50 bits per heavy atom. The van der Waals surface area contributed by atoms with E-state index in [1.807, 2.05) is 48.2 Å². The van der Waals surface area contributed by atoms with Gasteiger partial charge in [-0.25, -0.2) is 14.6 Å². The minimum atomic E-state index is 0.0404. The van der Waals surface area contributed by atoms with Crippen molar-refractivity contribution in [2.45, 2.75) is 25.7 Å².